The van der Waals surface area contributed by atoms with Crippen molar-refractivity contribution >= 4 is 16.8 Å². The Morgan fingerprint density at radius 1 is 1.31 bits per heavy atom. The van der Waals surface area contributed by atoms with Crippen molar-refractivity contribution in [1.29, 1.82) is 0 Å². The van der Waals surface area contributed by atoms with Gasteiger partial charge in [-0.2, -0.15) is 13.2 Å². The number of carbonyl (C=O) groups excluding carboxylic acids is 1. The molecule has 0 aliphatic heterocycles. The Kier molecular flexibility index (Phi) is 2.01. The van der Waals surface area contributed by atoms with E-state index in [1.54, 1.807) is 0 Å². The van der Waals surface area contributed by atoms with Crippen LogP contribution in [0, 0.1) is 16.7 Å². The van der Waals surface area contributed by atoms with E-state index < -0.39 is 28.2 Å². The second-order valence-corrected chi connectivity index (χ2v) is 4.53. The summed E-state index contributed by atoms with van der Waals surface area (Å²) in [6.07, 6.45) is -4.37. The van der Waals surface area contributed by atoms with Gasteiger partial charge in [0.1, 0.15) is 0 Å². The van der Waals surface area contributed by atoms with Gasteiger partial charge in [0.25, 0.3) is 0 Å². The minimum atomic E-state index is -4.37. The normalized spacial score (nSPS) is 37.3. The van der Waals surface area contributed by atoms with E-state index in [1.165, 1.54) is 13.8 Å². The molecule has 5 heteroatoms. The highest BCUT2D eigenvalue weighted by molar-refractivity contribution is 6.64. The number of hydrogen-bond donors (Lipinski definition) is 0. The van der Waals surface area contributed by atoms with Gasteiger partial charge in [0.2, 0.25) is 5.24 Å². The molecule has 0 aromatic carbocycles. The van der Waals surface area contributed by atoms with Gasteiger partial charge < -0.3 is 0 Å². The van der Waals surface area contributed by atoms with Gasteiger partial charge in [-0.05, 0) is 23.9 Å². The van der Waals surface area contributed by atoms with Crippen LogP contribution in [0.1, 0.15) is 20.8 Å². The zero-order chi connectivity index (χ0) is 10.7. The summed E-state index contributed by atoms with van der Waals surface area (Å²) in [4.78, 5) is 10.7. The third kappa shape index (κ3) is 1.11. The average Bonchev–Trinajstić information content (AvgIpc) is 2.26. The molecule has 1 aliphatic carbocycles. The molecule has 1 saturated carbocycles. The van der Waals surface area contributed by atoms with Gasteiger partial charge in [-0.1, -0.05) is 13.8 Å². The van der Waals surface area contributed by atoms with Crippen LogP contribution in [0.2, 0.25) is 0 Å². The van der Waals surface area contributed by atoms with Gasteiger partial charge >= 0.3 is 6.18 Å². The Hall–Kier alpha value is -0.250. The maximum Gasteiger partial charge on any atom is 0.395 e. The Morgan fingerprint density at radius 2 is 1.69 bits per heavy atom. The fourth-order valence-electron chi connectivity index (χ4n) is 2.02. The summed E-state index contributed by atoms with van der Waals surface area (Å²) in [7, 11) is 0. The van der Waals surface area contributed by atoms with Crippen LogP contribution in [0.4, 0.5) is 13.2 Å². The lowest BCUT2D eigenvalue weighted by Crippen LogP contribution is -2.27. The van der Waals surface area contributed by atoms with Gasteiger partial charge in [0.15, 0.2) is 0 Å². The van der Waals surface area contributed by atoms with Crippen LogP contribution >= 0.6 is 11.6 Å². The van der Waals surface area contributed by atoms with Gasteiger partial charge in [-0.15, -0.1) is 0 Å². The maximum absolute atomic E-state index is 12.5. The summed E-state index contributed by atoms with van der Waals surface area (Å²) in [5, 5.41) is -0.898. The van der Waals surface area contributed by atoms with E-state index in [1.807, 2.05) is 0 Å². The topological polar surface area (TPSA) is 17.1 Å². The molecule has 76 valence electrons. The second kappa shape index (κ2) is 2.41. The second-order valence-electron chi connectivity index (χ2n) is 4.16. The standard InChI is InChI=1S/C8H10ClF3O/c1-6(2)4(5(9)13)7(6,3)8(10,11)12/h4H,1-3H3. The van der Waals surface area contributed by atoms with Crippen LogP contribution < -0.4 is 0 Å². The highest BCUT2D eigenvalue weighted by Gasteiger charge is 2.82. The Balaban J connectivity index is 3.04. The summed E-state index contributed by atoms with van der Waals surface area (Å²) in [5.74, 6) is -1.11. The van der Waals surface area contributed by atoms with E-state index in [9.17, 15) is 18.0 Å². The molecule has 0 aromatic rings. The largest absolute Gasteiger partial charge is 0.395 e. The molecule has 0 aromatic heterocycles. The lowest BCUT2D eigenvalue weighted by atomic mass is 9.98. The molecule has 0 saturated heterocycles. The molecule has 0 heterocycles. The SMILES string of the molecule is CC1(C)C(C(=O)Cl)C1(C)C(F)(F)F. The smallest absolute Gasteiger partial charge is 0.281 e. The zero-order valence-electron chi connectivity index (χ0n) is 7.50. The van der Waals surface area contributed by atoms with E-state index in [-0.39, 0.29) is 0 Å². The summed E-state index contributed by atoms with van der Waals surface area (Å²) < 4.78 is 37.6. The summed E-state index contributed by atoms with van der Waals surface area (Å²) in [6, 6.07) is 0. The van der Waals surface area contributed by atoms with Crippen molar-refractivity contribution in [2.24, 2.45) is 16.7 Å². The van der Waals surface area contributed by atoms with E-state index in [4.69, 9.17) is 11.6 Å². The average molecular weight is 215 g/mol. The number of carbonyl (C=O) groups is 1. The van der Waals surface area contributed by atoms with Crippen molar-refractivity contribution < 1.29 is 18.0 Å². The van der Waals surface area contributed by atoms with Crippen molar-refractivity contribution in [3.63, 3.8) is 0 Å². The summed E-state index contributed by atoms with van der Waals surface area (Å²) in [6.45, 7) is 3.86. The third-order valence-corrected chi connectivity index (χ3v) is 3.59. The Bertz CT molecular complexity index is 259. The third-order valence-electron chi connectivity index (χ3n) is 3.37. The first kappa shape index (κ1) is 10.8. The Labute approximate surface area is 79.2 Å². The van der Waals surface area contributed by atoms with Gasteiger partial charge in [-0.3, -0.25) is 4.79 Å². The zero-order valence-corrected chi connectivity index (χ0v) is 8.25. The first-order valence-electron chi connectivity index (χ1n) is 3.83. The van der Waals surface area contributed by atoms with E-state index >= 15 is 0 Å². The molecule has 13 heavy (non-hydrogen) atoms. The van der Waals surface area contributed by atoms with Crippen LogP contribution in [-0.2, 0) is 4.79 Å². The lowest BCUT2D eigenvalue weighted by Gasteiger charge is -2.18. The maximum atomic E-state index is 12.5. The van der Waals surface area contributed by atoms with Crippen molar-refractivity contribution in [3.8, 4) is 0 Å². The molecule has 1 fully saturated rings. The van der Waals surface area contributed by atoms with Crippen LogP contribution in [0.5, 0.6) is 0 Å². The van der Waals surface area contributed by atoms with Crippen molar-refractivity contribution in [2.45, 2.75) is 26.9 Å². The number of halogens is 4. The molecule has 2 unspecified atom stereocenters. The molecule has 0 N–H and O–H groups in total. The van der Waals surface area contributed by atoms with Crippen molar-refractivity contribution in [1.82, 2.24) is 0 Å². The predicted octanol–water partition coefficient (Wildman–Crippen LogP) is 2.98. The van der Waals surface area contributed by atoms with Gasteiger partial charge in [-0.25, -0.2) is 0 Å². The minimum Gasteiger partial charge on any atom is -0.281 e. The first-order valence-corrected chi connectivity index (χ1v) is 4.20. The minimum absolute atomic E-state index is 0.898. The number of hydrogen-bond acceptors (Lipinski definition) is 1. The Morgan fingerprint density at radius 3 is 1.77 bits per heavy atom. The van der Waals surface area contributed by atoms with Crippen molar-refractivity contribution in [2.75, 3.05) is 0 Å². The molecule has 0 bridgehead atoms. The van der Waals surface area contributed by atoms with E-state index in [0.717, 1.165) is 6.92 Å². The summed E-state index contributed by atoms with van der Waals surface area (Å²) >= 11 is 5.11. The quantitative estimate of drug-likeness (QED) is 0.614. The fourth-order valence-corrected chi connectivity index (χ4v) is 2.51. The molecule has 0 amide bonds. The molecular formula is C8H10ClF3O. The molecular weight excluding hydrogens is 205 g/mol. The molecule has 1 rings (SSSR count). The van der Waals surface area contributed by atoms with E-state index in [2.05, 4.69) is 0 Å². The molecule has 1 nitrogen and oxygen atoms in total. The molecule has 1 aliphatic rings. The molecule has 0 radical (unpaired) electrons. The van der Waals surface area contributed by atoms with Crippen LogP contribution in [0.3, 0.4) is 0 Å². The van der Waals surface area contributed by atoms with Crippen LogP contribution in [-0.4, -0.2) is 11.4 Å². The van der Waals surface area contributed by atoms with E-state index in [0.29, 0.717) is 0 Å². The van der Waals surface area contributed by atoms with Gasteiger partial charge in [0.05, 0.1) is 11.3 Å². The molecule has 2 atom stereocenters. The van der Waals surface area contributed by atoms with Gasteiger partial charge in [0, 0.05) is 0 Å². The summed E-state index contributed by atoms with van der Waals surface area (Å²) in [5.41, 5.74) is -3.04. The number of rotatable bonds is 1. The highest BCUT2D eigenvalue weighted by Crippen LogP contribution is 2.75. The van der Waals surface area contributed by atoms with Crippen molar-refractivity contribution in [3.05, 3.63) is 0 Å². The predicted molar refractivity (Wildman–Crippen MR) is 42.3 cm³/mol. The van der Waals surface area contributed by atoms with Crippen LogP contribution in [0.15, 0.2) is 0 Å². The molecule has 0 spiro atoms. The fraction of sp³-hybridized carbons (Fsp3) is 0.875. The first-order chi connectivity index (χ1) is 5.57. The highest BCUT2D eigenvalue weighted by atomic mass is 35.5. The van der Waals surface area contributed by atoms with Crippen LogP contribution in [0.25, 0.3) is 0 Å². The monoisotopic (exact) mass is 214 g/mol. The lowest BCUT2D eigenvalue weighted by molar-refractivity contribution is -0.194. The number of alkyl halides is 3.